The van der Waals surface area contributed by atoms with Gasteiger partial charge in [-0.05, 0) is 5.56 Å². The SMILES string of the molecule is O=C(O)CCc1cc(CNCc2ccccc2)on1. The van der Waals surface area contributed by atoms with Crippen LogP contribution in [0.15, 0.2) is 40.9 Å². The van der Waals surface area contributed by atoms with Crippen LogP contribution in [-0.4, -0.2) is 16.2 Å². The van der Waals surface area contributed by atoms with E-state index in [0.717, 1.165) is 12.3 Å². The van der Waals surface area contributed by atoms with Gasteiger partial charge in [0.2, 0.25) is 0 Å². The van der Waals surface area contributed by atoms with Crippen LogP contribution in [0.1, 0.15) is 23.4 Å². The molecule has 19 heavy (non-hydrogen) atoms. The number of rotatable bonds is 7. The Balaban J connectivity index is 1.76. The number of benzene rings is 1. The average molecular weight is 260 g/mol. The third-order valence-corrected chi connectivity index (χ3v) is 2.67. The average Bonchev–Trinajstić information content (AvgIpc) is 2.86. The summed E-state index contributed by atoms with van der Waals surface area (Å²) in [7, 11) is 0. The van der Waals surface area contributed by atoms with Crippen LogP contribution in [0.2, 0.25) is 0 Å². The zero-order chi connectivity index (χ0) is 13.5. The Morgan fingerprint density at radius 1 is 1.26 bits per heavy atom. The summed E-state index contributed by atoms with van der Waals surface area (Å²) in [4.78, 5) is 10.4. The molecule has 2 aromatic rings. The van der Waals surface area contributed by atoms with Crippen LogP contribution in [0.25, 0.3) is 0 Å². The summed E-state index contributed by atoms with van der Waals surface area (Å²) >= 11 is 0. The molecule has 0 aliphatic carbocycles. The van der Waals surface area contributed by atoms with Crippen molar-refractivity contribution in [3.05, 3.63) is 53.4 Å². The molecular weight excluding hydrogens is 244 g/mol. The number of aliphatic carboxylic acids is 1. The molecule has 2 N–H and O–H groups in total. The maximum atomic E-state index is 10.4. The van der Waals surface area contributed by atoms with Crippen molar-refractivity contribution in [1.29, 1.82) is 0 Å². The fraction of sp³-hybridized carbons (Fsp3) is 0.286. The molecule has 0 aliphatic rings. The fourth-order valence-corrected chi connectivity index (χ4v) is 1.72. The van der Waals surface area contributed by atoms with Gasteiger partial charge in [-0.2, -0.15) is 0 Å². The first-order valence-electron chi connectivity index (χ1n) is 6.15. The lowest BCUT2D eigenvalue weighted by molar-refractivity contribution is -0.136. The molecule has 1 aromatic heterocycles. The quantitative estimate of drug-likeness (QED) is 0.796. The largest absolute Gasteiger partial charge is 0.481 e. The van der Waals surface area contributed by atoms with E-state index < -0.39 is 5.97 Å². The zero-order valence-electron chi connectivity index (χ0n) is 10.5. The summed E-state index contributed by atoms with van der Waals surface area (Å²) in [6.45, 7) is 1.33. The van der Waals surface area contributed by atoms with E-state index in [1.807, 2.05) is 30.3 Å². The first-order valence-corrected chi connectivity index (χ1v) is 6.15. The first kappa shape index (κ1) is 13.3. The van der Waals surface area contributed by atoms with Gasteiger partial charge >= 0.3 is 5.97 Å². The Bertz CT molecular complexity index is 522. The summed E-state index contributed by atoms with van der Waals surface area (Å²) < 4.78 is 5.13. The predicted octanol–water partition coefficient (Wildman–Crippen LogP) is 1.98. The molecule has 0 spiro atoms. The van der Waals surface area contributed by atoms with Gasteiger partial charge in [0.25, 0.3) is 0 Å². The summed E-state index contributed by atoms with van der Waals surface area (Å²) in [5.74, 6) is -0.108. The van der Waals surface area contributed by atoms with Crippen LogP contribution in [0.5, 0.6) is 0 Å². The third-order valence-electron chi connectivity index (χ3n) is 2.67. The Labute approximate surface area is 111 Å². The van der Waals surface area contributed by atoms with Gasteiger partial charge in [-0.1, -0.05) is 35.5 Å². The van der Waals surface area contributed by atoms with Gasteiger partial charge in [0.1, 0.15) is 0 Å². The standard InChI is InChI=1S/C14H16N2O3/c17-14(18)7-6-12-8-13(19-16-12)10-15-9-11-4-2-1-3-5-11/h1-5,8,15H,6-7,9-10H2,(H,17,18). The Morgan fingerprint density at radius 2 is 2.05 bits per heavy atom. The lowest BCUT2D eigenvalue weighted by Crippen LogP contribution is -2.11. The molecule has 5 heteroatoms. The van der Waals surface area contributed by atoms with Crippen molar-refractivity contribution in [3.63, 3.8) is 0 Å². The lowest BCUT2D eigenvalue weighted by atomic mass is 10.2. The molecule has 100 valence electrons. The van der Waals surface area contributed by atoms with Crippen molar-refractivity contribution in [3.8, 4) is 0 Å². The van der Waals surface area contributed by atoms with Crippen LogP contribution in [-0.2, 0) is 24.3 Å². The number of carboxylic acid groups (broad SMARTS) is 1. The molecule has 0 amide bonds. The van der Waals surface area contributed by atoms with Gasteiger partial charge in [-0.15, -0.1) is 0 Å². The maximum Gasteiger partial charge on any atom is 0.303 e. The lowest BCUT2D eigenvalue weighted by Gasteiger charge is -2.01. The summed E-state index contributed by atoms with van der Waals surface area (Å²) in [5.41, 5.74) is 1.88. The predicted molar refractivity (Wildman–Crippen MR) is 69.4 cm³/mol. The minimum absolute atomic E-state index is 0.0728. The van der Waals surface area contributed by atoms with Gasteiger partial charge in [-0.25, -0.2) is 0 Å². The number of carboxylic acids is 1. The van der Waals surface area contributed by atoms with Gasteiger partial charge in [0.05, 0.1) is 18.7 Å². The highest BCUT2D eigenvalue weighted by Gasteiger charge is 2.06. The molecule has 0 atom stereocenters. The minimum Gasteiger partial charge on any atom is -0.481 e. The molecule has 0 aliphatic heterocycles. The highest BCUT2D eigenvalue weighted by Crippen LogP contribution is 2.06. The van der Waals surface area contributed by atoms with Crippen LogP contribution in [0.4, 0.5) is 0 Å². The van der Waals surface area contributed by atoms with E-state index in [2.05, 4.69) is 10.5 Å². The first-order chi connectivity index (χ1) is 9.24. The van der Waals surface area contributed by atoms with Crippen molar-refractivity contribution in [1.82, 2.24) is 10.5 Å². The molecule has 0 fully saturated rings. The number of carbonyl (C=O) groups is 1. The van der Waals surface area contributed by atoms with Gasteiger partial charge in [-0.3, -0.25) is 4.79 Å². The van der Waals surface area contributed by atoms with E-state index in [1.54, 1.807) is 6.07 Å². The van der Waals surface area contributed by atoms with E-state index in [1.165, 1.54) is 5.56 Å². The molecule has 2 rings (SSSR count). The second-order valence-electron chi connectivity index (χ2n) is 4.27. The highest BCUT2D eigenvalue weighted by molar-refractivity contribution is 5.66. The highest BCUT2D eigenvalue weighted by atomic mass is 16.5. The minimum atomic E-state index is -0.827. The summed E-state index contributed by atoms with van der Waals surface area (Å²) in [6, 6.07) is 11.9. The molecule has 0 bridgehead atoms. The van der Waals surface area contributed by atoms with Gasteiger partial charge < -0.3 is 14.9 Å². The number of aryl methyl sites for hydroxylation is 1. The molecule has 0 unspecified atom stereocenters. The number of aromatic nitrogens is 1. The second-order valence-corrected chi connectivity index (χ2v) is 4.27. The van der Waals surface area contributed by atoms with Crippen molar-refractivity contribution >= 4 is 5.97 Å². The molecular formula is C14H16N2O3. The van der Waals surface area contributed by atoms with E-state index in [0.29, 0.717) is 18.7 Å². The number of hydrogen-bond donors (Lipinski definition) is 2. The zero-order valence-corrected chi connectivity index (χ0v) is 10.5. The molecule has 0 saturated carbocycles. The number of nitrogens with zero attached hydrogens (tertiary/aromatic N) is 1. The van der Waals surface area contributed by atoms with Crippen molar-refractivity contribution in [2.45, 2.75) is 25.9 Å². The van der Waals surface area contributed by atoms with E-state index in [-0.39, 0.29) is 6.42 Å². The Morgan fingerprint density at radius 3 is 2.79 bits per heavy atom. The number of nitrogens with one attached hydrogen (secondary N) is 1. The van der Waals surface area contributed by atoms with Crippen LogP contribution >= 0.6 is 0 Å². The maximum absolute atomic E-state index is 10.4. The Hall–Kier alpha value is -2.14. The third kappa shape index (κ3) is 4.56. The van der Waals surface area contributed by atoms with Crippen LogP contribution in [0.3, 0.4) is 0 Å². The second kappa shape index (κ2) is 6.70. The molecule has 0 saturated heterocycles. The van der Waals surface area contributed by atoms with Gasteiger partial charge in [0, 0.05) is 19.0 Å². The summed E-state index contributed by atoms with van der Waals surface area (Å²) in [5, 5.41) is 15.7. The molecule has 1 heterocycles. The van der Waals surface area contributed by atoms with Crippen molar-refractivity contribution in [2.75, 3.05) is 0 Å². The van der Waals surface area contributed by atoms with Crippen molar-refractivity contribution in [2.24, 2.45) is 0 Å². The molecule has 0 radical (unpaired) electrons. The van der Waals surface area contributed by atoms with Gasteiger partial charge in [0.15, 0.2) is 5.76 Å². The summed E-state index contributed by atoms with van der Waals surface area (Å²) in [6.07, 6.45) is 0.473. The van der Waals surface area contributed by atoms with Crippen molar-refractivity contribution < 1.29 is 14.4 Å². The number of hydrogen-bond acceptors (Lipinski definition) is 4. The van der Waals surface area contributed by atoms with Crippen LogP contribution < -0.4 is 5.32 Å². The fourth-order valence-electron chi connectivity index (χ4n) is 1.72. The van der Waals surface area contributed by atoms with E-state index >= 15 is 0 Å². The van der Waals surface area contributed by atoms with E-state index in [9.17, 15) is 4.79 Å². The smallest absolute Gasteiger partial charge is 0.303 e. The topological polar surface area (TPSA) is 75.4 Å². The molecule has 5 nitrogen and oxygen atoms in total. The normalized spacial score (nSPS) is 10.5. The monoisotopic (exact) mass is 260 g/mol. The Kier molecular flexibility index (Phi) is 4.69. The molecule has 1 aromatic carbocycles. The van der Waals surface area contributed by atoms with Crippen LogP contribution in [0, 0.1) is 0 Å². The van der Waals surface area contributed by atoms with E-state index in [4.69, 9.17) is 9.63 Å².